The molecule has 1 aromatic heterocycles. The van der Waals surface area contributed by atoms with Gasteiger partial charge in [0.15, 0.2) is 0 Å². The van der Waals surface area contributed by atoms with Crippen LogP contribution in [0.1, 0.15) is 16.0 Å². The van der Waals surface area contributed by atoms with Crippen LogP contribution in [-0.4, -0.2) is 42.2 Å². The topological polar surface area (TPSA) is 32.8 Å². The van der Waals surface area contributed by atoms with Gasteiger partial charge in [0.2, 0.25) is 5.91 Å². The van der Waals surface area contributed by atoms with Crippen LogP contribution in [0.15, 0.2) is 35.7 Å². The first-order valence-corrected chi connectivity index (χ1v) is 9.04. The minimum atomic E-state index is -4.69. The van der Waals surface area contributed by atoms with E-state index in [0.717, 1.165) is 18.5 Å². The summed E-state index contributed by atoms with van der Waals surface area (Å²) in [6.07, 6.45) is -3.80. The molecule has 2 aromatic rings. The van der Waals surface area contributed by atoms with Crippen LogP contribution in [0, 0.1) is 0 Å². The molecule has 0 unspecified atom stereocenters. The van der Waals surface area contributed by atoms with E-state index in [2.05, 4.69) is 16.2 Å². The van der Waals surface area contributed by atoms with Crippen molar-refractivity contribution in [2.24, 2.45) is 0 Å². The fraction of sp³-hybridized carbons (Fsp3) is 0.389. The number of fused-ring (bicyclic) bond motifs is 1. The van der Waals surface area contributed by atoms with Gasteiger partial charge in [-0.25, -0.2) is 0 Å². The molecule has 1 aromatic carbocycles. The number of likely N-dealkylation sites (N-methyl/N-ethyl adjacent to an activating group) is 1. The van der Waals surface area contributed by atoms with Gasteiger partial charge in [-0.3, -0.25) is 9.69 Å². The highest BCUT2D eigenvalue weighted by Crippen LogP contribution is 2.25. The van der Waals surface area contributed by atoms with Gasteiger partial charge in [-0.1, -0.05) is 12.1 Å². The third kappa shape index (κ3) is 4.98. The summed E-state index contributed by atoms with van der Waals surface area (Å²) in [5, 5.41) is 2.05. The fourth-order valence-electron chi connectivity index (χ4n) is 2.96. The summed E-state index contributed by atoms with van der Waals surface area (Å²) in [6, 6.07) is 7.76. The van der Waals surface area contributed by atoms with Crippen molar-refractivity contribution in [1.29, 1.82) is 0 Å². The Morgan fingerprint density at radius 1 is 1.27 bits per heavy atom. The first-order valence-electron chi connectivity index (χ1n) is 8.16. The molecule has 0 atom stereocenters. The molecule has 26 heavy (non-hydrogen) atoms. The minimum absolute atomic E-state index is 0.0568. The van der Waals surface area contributed by atoms with Crippen molar-refractivity contribution in [3.8, 4) is 5.75 Å². The monoisotopic (exact) mass is 384 g/mol. The van der Waals surface area contributed by atoms with Crippen LogP contribution >= 0.6 is 11.3 Å². The summed E-state index contributed by atoms with van der Waals surface area (Å²) in [6.45, 7) is 2.11. The second-order valence-corrected chi connectivity index (χ2v) is 7.30. The highest BCUT2D eigenvalue weighted by atomic mass is 32.1. The molecule has 140 valence electrons. The lowest BCUT2D eigenvalue weighted by molar-refractivity contribution is -0.274. The molecule has 0 saturated heterocycles. The van der Waals surface area contributed by atoms with Gasteiger partial charge in [0, 0.05) is 24.5 Å². The van der Waals surface area contributed by atoms with Crippen LogP contribution in [-0.2, 0) is 24.3 Å². The summed E-state index contributed by atoms with van der Waals surface area (Å²) in [4.78, 5) is 17.5. The van der Waals surface area contributed by atoms with Crippen LogP contribution in [0.25, 0.3) is 0 Å². The van der Waals surface area contributed by atoms with Crippen LogP contribution < -0.4 is 4.74 Å². The van der Waals surface area contributed by atoms with E-state index in [4.69, 9.17) is 0 Å². The lowest BCUT2D eigenvalue weighted by atomic mass is 10.1. The third-order valence-electron chi connectivity index (χ3n) is 4.17. The van der Waals surface area contributed by atoms with E-state index in [0.29, 0.717) is 13.1 Å². The zero-order valence-corrected chi connectivity index (χ0v) is 15.1. The molecule has 8 heteroatoms. The van der Waals surface area contributed by atoms with Gasteiger partial charge in [0.1, 0.15) is 5.75 Å². The molecule has 0 radical (unpaired) electrons. The fourth-order valence-corrected chi connectivity index (χ4v) is 3.85. The predicted molar refractivity (Wildman–Crippen MR) is 92.9 cm³/mol. The van der Waals surface area contributed by atoms with Crippen LogP contribution in [0.3, 0.4) is 0 Å². The van der Waals surface area contributed by atoms with Gasteiger partial charge < -0.3 is 9.64 Å². The number of hydrogen-bond donors (Lipinski definition) is 0. The minimum Gasteiger partial charge on any atom is -0.406 e. The van der Waals surface area contributed by atoms with E-state index >= 15 is 0 Å². The van der Waals surface area contributed by atoms with Crippen molar-refractivity contribution in [3.63, 3.8) is 0 Å². The zero-order valence-electron chi connectivity index (χ0n) is 14.3. The van der Waals surface area contributed by atoms with Crippen molar-refractivity contribution in [2.45, 2.75) is 25.9 Å². The maximum atomic E-state index is 12.5. The number of rotatable bonds is 5. The Morgan fingerprint density at radius 2 is 2.00 bits per heavy atom. The number of ether oxygens (including phenoxy) is 1. The zero-order chi connectivity index (χ0) is 18.7. The summed E-state index contributed by atoms with van der Waals surface area (Å²) >= 11 is 1.73. The predicted octanol–water partition coefficient (Wildman–Crippen LogP) is 3.66. The van der Waals surface area contributed by atoms with Gasteiger partial charge in [-0.05, 0) is 48.2 Å². The normalized spacial score (nSPS) is 14.4. The number of benzene rings is 1. The Kier molecular flexibility index (Phi) is 5.52. The van der Waals surface area contributed by atoms with E-state index in [1.54, 1.807) is 23.5 Å². The SMILES string of the molecule is CN(CC(=O)N1CCc2sccc2C1)Cc1ccc(OC(F)(F)F)cc1. The largest absolute Gasteiger partial charge is 0.573 e. The molecule has 0 spiro atoms. The van der Waals surface area contributed by atoms with E-state index < -0.39 is 6.36 Å². The average molecular weight is 384 g/mol. The smallest absolute Gasteiger partial charge is 0.406 e. The molecule has 0 fully saturated rings. The molecule has 1 aliphatic heterocycles. The van der Waals surface area contributed by atoms with Gasteiger partial charge in [0.05, 0.1) is 6.54 Å². The molecule has 0 saturated carbocycles. The summed E-state index contributed by atoms with van der Waals surface area (Å²) in [7, 11) is 1.82. The van der Waals surface area contributed by atoms with Crippen LogP contribution in [0.5, 0.6) is 5.75 Å². The highest BCUT2D eigenvalue weighted by Gasteiger charge is 2.31. The van der Waals surface area contributed by atoms with Crippen molar-refractivity contribution in [3.05, 3.63) is 51.7 Å². The number of hydrogen-bond acceptors (Lipinski definition) is 4. The third-order valence-corrected chi connectivity index (χ3v) is 5.20. The van der Waals surface area contributed by atoms with Crippen molar-refractivity contribution in [1.82, 2.24) is 9.80 Å². The van der Waals surface area contributed by atoms with Crippen LogP contribution in [0.4, 0.5) is 13.2 Å². The van der Waals surface area contributed by atoms with Gasteiger partial charge >= 0.3 is 6.36 Å². The van der Waals surface area contributed by atoms with Gasteiger partial charge in [-0.2, -0.15) is 0 Å². The molecule has 4 nitrogen and oxygen atoms in total. The number of carbonyl (C=O) groups excluding carboxylic acids is 1. The van der Waals surface area contributed by atoms with E-state index in [1.807, 2.05) is 16.8 Å². The number of nitrogens with zero attached hydrogens (tertiary/aromatic N) is 2. The highest BCUT2D eigenvalue weighted by molar-refractivity contribution is 7.10. The summed E-state index contributed by atoms with van der Waals surface area (Å²) in [5.41, 5.74) is 2.03. The molecule has 1 amide bonds. The van der Waals surface area contributed by atoms with Crippen molar-refractivity contribution < 1.29 is 22.7 Å². The summed E-state index contributed by atoms with van der Waals surface area (Å²) in [5.74, 6) is -0.193. The van der Waals surface area contributed by atoms with Gasteiger partial charge in [0.25, 0.3) is 0 Å². The molecule has 0 bridgehead atoms. The molecule has 2 heterocycles. The molecule has 0 aliphatic carbocycles. The number of halogens is 3. The molecule has 1 aliphatic rings. The Labute approximate surface area is 153 Å². The van der Waals surface area contributed by atoms with Crippen molar-refractivity contribution >= 4 is 17.2 Å². The van der Waals surface area contributed by atoms with Crippen LogP contribution in [0.2, 0.25) is 0 Å². The quantitative estimate of drug-likeness (QED) is 0.789. The molecule has 3 rings (SSSR count). The second-order valence-electron chi connectivity index (χ2n) is 6.30. The Morgan fingerprint density at radius 3 is 2.69 bits per heavy atom. The number of carbonyl (C=O) groups is 1. The molecular weight excluding hydrogens is 365 g/mol. The van der Waals surface area contributed by atoms with Crippen molar-refractivity contribution in [2.75, 3.05) is 20.1 Å². The molecular formula is C18H19F3N2O2S. The van der Waals surface area contributed by atoms with E-state index in [9.17, 15) is 18.0 Å². The Bertz CT molecular complexity index is 759. The molecule has 0 N–H and O–H groups in total. The maximum Gasteiger partial charge on any atom is 0.573 e. The van der Waals surface area contributed by atoms with E-state index in [-0.39, 0.29) is 18.2 Å². The summed E-state index contributed by atoms with van der Waals surface area (Å²) < 4.78 is 40.4. The maximum absolute atomic E-state index is 12.5. The Balaban J connectivity index is 1.51. The first kappa shape index (κ1) is 18.7. The van der Waals surface area contributed by atoms with Gasteiger partial charge in [-0.15, -0.1) is 24.5 Å². The lowest BCUT2D eigenvalue weighted by Crippen LogP contribution is -2.41. The lowest BCUT2D eigenvalue weighted by Gasteiger charge is -2.29. The average Bonchev–Trinajstić information content (AvgIpc) is 3.02. The number of amides is 1. The number of thiophene rings is 1. The number of alkyl halides is 3. The standard InChI is InChI=1S/C18H19F3N2O2S/c1-22(10-13-2-4-15(5-3-13)25-18(19,20)21)12-17(24)23-8-6-16-14(11-23)7-9-26-16/h2-5,7,9H,6,8,10-12H2,1H3. The first-order chi connectivity index (χ1) is 12.3. The van der Waals surface area contributed by atoms with E-state index in [1.165, 1.54) is 22.6 Å². The Hall–Kier alpha value is -2.06. The second kappa shape index (κ2) is 7.67.